The molecule has 2 aromatic heterocycles. The van der Waals surface area contributed by atoms with Crippen LogP contribution in [0.1, 0.15) is 28.2 Å². The number of hydrogen-bond donors (Lipinski definition) is 0. The maximum atomic E-state index is 13.4. The highest BCUT2D eigenvalue weighted by molar-refractivity contribution is 7.17. The Morgan fingerprint density at radius 1 is 1.10 bits per heavy atom. The third-order valence-electron chi connectivity index (χ3n) is 5.63. The van der Waals surface area contributed by atoms with Gasteiger partial charge in [-0.3, -0.25) is 0 Å². The highest BCUT2D eigenvalue weighted by Gasteiger charge is 2.34. The van der Waals surface area contributed by atoms with Crippen molar-refractivity contribution in [1.82, 2.24) is 15.1 Å². The van der Waals surface area contributed by atoms with Crippen LogP contribution in [0.15, 0.2) is 60.1 Å². The Hall–Kier alpha value is -2.77. The van der Waals surface area contributed by atoms with Crippen molar-refractivity contribution in [3.05, 3.63) is 82.4 Å². The summed E-state index contributed by atoms with van der Waals surface area (Å²) in [5, 5.41) is 9.64. The average molecular weight is 425 g/mol. The molecule has 3 nitrogen and oxygen atoms in total. The smallest absolute Gasteiger partial charge is 0.301 e. The Balaban J connectivity index is 1.59. The molecular formula is C23H18F3N3S. The van der Waals surface area contributed by atoms with Gasteiger partial charge < -0.3 is 4.90 Å². The van der Waals surface area contributed by atoms with E-state index in [9.17, 15) is 13.2 Å². The first-order valence-electron chi connectivity index (χ1n) is 9.58. The van der Waals surface area contributed by atoms with Crippen molar-refractivity contribution in [2.75, 3.05) is 13.6 Å². The zero-order valence-corrected chi connectivity index (χ0v) is 17.0. The Labute approximate surface area is 175 Å². The minimum absolute atomic E-state index is 0.0139. The SMILES string of the molecule is CN1Cc2cc(-c3cccnn3)ccc2C(c2ccc3scc(C(F)(F)F)c3c2)C1. The Morgan fingerprint density at radius 2 is 1.97 bits per heavy atom. The second kappa shape index (κ2) is 7.18. The lowest BCUT2D eigenvalue weighted by molar-refractivity contribution is -0.136. The summed E-state index contributed by atoms with van der Waals surface area (Å²) < 4.78 is 40.9. The number of nitrogens with zero attached hydrogens (tertiary/aromatic N) is 3. The molecule has 0 fully saturated rings. The molecular weight excluding hydrogens is 407 g/mol. The summed E-state index contributed by atoms with van der Waals surface area (Å²) in [6.07, 6.45) is -2.70. The van der Waals surface area contributed by atoms with Crippen LogP contribution in [-0.4, -0.2) is 28.7 Å². The van der Waals surface area contributed by atoms with Crippen molar-refractivity contribution in [3.63, 3.8) is 0 Å². The highest BCUT2D eigenvalue weighted by atomic mass is 32.1. The fraction of sp³-hybridized carbons (Fsp3) is 0.217. The zero-order chi connectivity index (χ0) is 20.9. The average Bonchev–Trinajstić information content (AvgIpc) is 3.17. The molecule has 0 saturated heterocycles. The van der Waals surface area contributed by atoms with Gasteiger partial charge in [0.15, 0.2) is 0 Å². The van der Waals surface area contributed by atoms with Crippen LogP contribution in [0.3, 0.4) is 0 Å². The molecule has 0 amide bonds. The lowest BCUT2D eigenvalue weighted by Crippen LogP contribution is -2.31. The van der Waals surface area contributed by atoms with Gasteiger partial charge in [-0.1, -0.05) is 18.2 Å². The van der Waals surface area contributed by atoms with Crippen molar-refractivity contribution < 1.29 is 13.2 Å². The molecule has 0 spiro atoms. The predicted octanol–water partition coefficient (Wildman–Crippen LogP) is 5.95. The number of thiophene rings is 1. The monoisotopic (exact) mass is 425 g/mol. The van der Waals surface area contributed by atoms with E-state index in [1.165, 1.54) is 10.9 Å². The molecule has 0 bridgehead atoms. The van der Waals surface area contributed by atoms with E-state index in [1.54, 1.807) is 12.3 Å². The molecule has 30 heavy (non-hydrogen) atoms. The first-order valence-corrected chi connectivity index (χ1v) is 10.5. The first-order chi connectivity index (χ1) is 14.4. The van der Waals surface area contributed by atoms with E-state index in [1.807, 2.05) is 37.4 Å². The molecule has 152 valence electrons. The number of alkyl halides is 3. The number of hydrogen-bond acceptors (Lipinski definition) is 4. The normalized spacial score (nSPS) is 17.3. The van der Waals surface area contributed by atoms with E-state index in [0.717, 1.165) is 46.8 Å². The Bertz CT molecular complexity index is 1220. The summed E-state index contributed by atoms with van der Waals surface area (Å²) in [6.45, 7) is 1.54. The second-order valence-electron chi connectivity index (χ2n) is 7.67. The van der Waals surface area contributed by atoms with Crippen molar-refractivity contribution in [1.29, 1.82) is 0 Å². The van der Waals surface area contributed by atoms with Crippen molar-refractivity contribution in [2.45, 2.75) is 18.6 Å². The summed E-state index contributed by atoms with van der Waals surface area (Å²) in [5.41, 5.74) is 4.48. The van der Waals surface area contributed by atoms with Crippen LogP contribution >= 0.6 is 11.3 Å². The van der Waals surface area contributed by atoms with Gasteiger partial charge in [0, 0.05) is 46.2 Å². The van der Waals surface area contributed by atoms with Crippen molar-refractivity contribution >= 4 is 21.4 Å². The number of halogens is 3. The second-order valence-corrected chi connectivity index (χ2v) is 8.59. The minimum Gasteiger partial charge on any atom is -0.301 e. The van der Waals surface area contributed by atoms with Crippen LogP contribution in [0.25, 0.3) is 21.3 Å². The van der Waals surface area contributed by atoms with Crippen LogP contribution in [0.2, 0.25) is 0 Å². The van der Waals surface area contributed by atoms with Crippen LogP contribution in [0, 0.1) is 0 Å². The molecule has 1 unspecified atom stereocenters. The Kier molecular flexibility index (Phi) is 4.60. The van der Waals surface area contributed by atoms with Crippen LogP contribution < -0.4 is 0 Å². The molecule has 1 aliphatic heterocycles. The standard InChI is InChI=1S/C23H18F3N3S/c1-29-11-16-9-15(21-3-2-8-27-28-21)4-6-17(16)19(12-29)14-5-7-22-18(10-14)20(13-30-22)23(24,25)26/h2-10,13,19H,11-12H2,1H3. The molecule has 1 atom stereocenters. The van der Waals surface area contributed by atoms with E-state index in [0.29, 0.717) is 4.70 Å². The summed E-state index contributed by atoms with van der Waals surface area (Å²) in [4.78, 5) is 2.20. The maximum absolute atomic E-state index is 13.4. The number of benzene rings is 2. The van der Waals surface area contributed by atoms with Gasteiger partial charge in [0.2, 0.25) is 0 Å². The molecule has 4 aromatic rings. The molecule has 0 saturated carbocycles. The van der Waals surface area contributed by atoms with Crippen LogP contribution in [0.4, 0.5) is 13.2 Å². The van der Waals surface area contributed by atoms with E-state index < -0.39 is 11.7 Å². The van der Waals surface area contributed by atoms with Gasteiger partial charge in [-0.05, 0) is 54.1 Å². The quantitative estimate of drug-likeness (QED) is 0.397. The van der Waals surface area contributed by atoms with Gasteiger partial charge in [-0.2, -0.15) is 23.4 Å². The molecule has 0 N–H and O–H groups in total. The summed E-state index contributed by atoms with van der Waals surface area (Å²) >= 11 is 1.14. The fourth-order valence-electron chi connectivity index (χ4n) is 4.23. The van der Waals surface area contributed by atoms with Crippen molar-refractivity contribution in [3.8, 4) is 11.3 Å². The first kappa shape index (κ1) is 19.2. The topological polar surface area (TPSA) is 29.0 Å². The molecule has 2 aromatic carbocycles. The molecule has 1 aliphatic rings. The maximum Gasteiger partial charge on any atom is 0.417 e. The van der Waals surface area contributed by atoms with Crippen LogP contribution in [-0.2, 0) is 12.7 Å². The minimum atomic E-state index is -4.34. The number of likely N-dealkylation sites (N-methyl/N-ethyl adjacent to an activating group) is 1. The Morgan fingerprint density at radius 3 is 2.73 bits per heavy atom. The van der Waals surface area contributed by atoms with Crippen LogP contribution in [0.5, 0.6) is 0 Å². The predicted molar refractivity (Wildman–Crippen MR) is 112 cm³/mol. The molecule has 0 radical (unpaired) electrons. The van der Waals surface area contributed by atoms with Gasteiger partial charge in [0.05, 0.1) is 11.3 Å². The summed E-state index contributed by atoms with van der Waals surface area (Å²) in [5.74, 6) is 0.0139. The van der Waals surface area contributed by atoms with E-state index in [4.69, 9.17) is 0 Å². The summed E-state index contributed by atoms with van der Waals surface area (Å²) in [7, 11) is 2.04. The molecule has 7 heteroatoms. The van der Waals surface area contributed by atoms with Gasteiger partial charge in [0.1, 0.15) is 0 Å². The van der Waals surface area contributed by atoms with Gasteiger partial charge in [0.25, 0.3) is 0 Å². The highest BCUT2D eigenvalue weighted by Crippen LogP contribution is 2.41. The fourth-order valence-corrected chi connectivity index (χ4v) is 5.18. The summed E-state index contributed by atoms with van der Waals surface area (Å²) in [6, 6.07) is 15.5. The number of fused-ring (bicyclic) bond motifs is 2. The lowest BCUT2D eigenvalue weighted by Gasteiger charge is -2.33. The third kappa shape index (κ3) is 3.38. The van der Waals surface area contributed by atoms with Crippen molar-refractivity contribution in [2.24, 2.45) is 0 Å². The molecule has 0 aliphatic carbocycles. The third-order valence-corrected chi connectivity index (χ3v) is 6.59. The number of aromatic nitrogens is 2. The van der Waals surface area contributed by atoms with Gasteiger partial charge in [-0.25, -0.2) is 0 Å². The number of rotatable bonds is 2. The van der Waals surface area contributed by atoms with E-state index in [-0.39, 0.29) is 11.3 Å². The van der Waals surface area contributed by atoms with E-state index in [2.05, 4.69) is 27.2 Å². The zero-order valence-electron chi connectivity index (χ0n) is 16.1. The molecule has 5 rings (SSSR count). The van der Waals surface area contributed by atoms with Gasteiger partial charge >= 0.3 is 6.18 Å². The largest absolute Gasteiger partial charge is 0.417 e. The van der Waals surface area contributed by atoms with E-state index >= 15 is 0 Å². The lowest BCUT2D eigenvalue weighted by atomic mass is 9.83. The molecule has 3 heterocycles. The van der Waals surface area contributed by atoms with Gasteiger partial charge in [-0.15, -0.1) is 11.3 Å².